The number of rotatable bonds is 0. The highest BCUT2D eigenvalue weighted by atomic mass is 14.4. The molecule has 0 radical (unpaired) electrons. The minimum Gasteiger partial charge on any atom is -0.0625 e. The van der Waals surface area contributed by atoms with E-state index in [0.29, 0.717) is 0 Å². The lowest BCUT2D eigenvalue weighted by Gasteiger charge is -2.23. The lowest BCUT2D eigenvalue weighted by Crippen LogP contribution is -2.12. The van der Waals surface area contributed by atoms with Crippen LogP contribution in [0.25, 0.3) is 0 Å². The van der Waals surface area contributed by atoms with Crippen LogP contribution in [0.3, 0.4) is 0 Å². The molecule has 2 rings (SSSR count). The van der Waals surface area contributed by atoms with E-state index in [-0.39, 0.29) is 0 Å². The van der Waals surface area contributed by atoms with Gasteiger partial charge in [0.2, 0.25) is 0 Å². The first kappa shape index (κ1) is 5.76. The van der Waals surface area contributed by atoms with Crippen molar-refractivity contribution < 1.29 is 0 Å². The third kappa shape index (κ3) is 0.997. The summed E-state index contributed by atoms with van der Waals surface area (Å²) < 4.78 is 0. The van der Waals surface area contributed by atoms with E-state index in [2.05, 4.69) is 6.92 Å². The van der Waals surface area contributed by atoms with Crippen LogP contribution in [0.15, 0.2) is 0 Å². The van der Waals surface area contributed by atoms with Gasteiger partial charge in [-0.3, -0.25) is 0 Å². The molecule has 2 aliphatic rings. The number of hydrogen-bond donors (Lipinski definition) is 0. The van der Waals surface area contributed by atoms with Crippen LogP contribution in [0.2, 0.25) is 0 Å². The molecule has 9 heavy (non-hydrogen) atoms. The Morgan fingerprint density at radius 3 is 2.00 bits per heavy atom. The molecule has 2 saturated carbocycles. The predicted molar refractivity (Wildman–Crippen MR) is 39.2 cm³/mol. The van der Waals surface area contributed by atoms with Crippen molar-refractivity contribution >= 4 is 0 Å². The van der Waals surface area contributed by atoms with Gasteiger partial charge in [-0.2, -0.15) is 0 Å². The minimum atomic E-state index is 1.05. The fourth-order valence-electron chi connectivity index (χ4n) is 2.84. The zero-order chi connectivity index (χ0) is 6.27. The van der Waals surface area contributed by atoms with E-state index in [1.54, 1.807) is 19.3 Å². The minimum absolute atomic E-state index is 1.05. The van der Waals surface area contributed by atoms with Gasteiger partial charge in [-0.15, -0.1) is 0 Å². The van der Waals surface area contributed by atoms with E-state index in [9.17, 15) is 0 Å². The van der Waals surface area contributed by atoms with E-state index < -0.39 is 0 Å². The number of fused-ring (bicyclic) bond motifs is 2. The molecule has 0 spiro atoms. The molecule has 1 unspecified atom stereocenters. The average molecular weight is 124 g/mol. The lowest BCUT2D eigenvalue weighted by molar-refractivity contribution is 0.278. The van der Waals surface area contributed by atoms with Crippen molar-refractivity contribution in [3.05, 3.63) is 0 Å². The molecule has 2 fully saturated rings. The summed E-state index contributed by atoms with van der Waals surface area (Å²) in [7, 11) is 0. The second kappa shape index (κ2) is 2.00. The Labute approximate surface area is 57.6 Å². The van der Waals surface area contributed by atoms with Gasteiger partial charge in [0.15, 0.2) is 0 Å². The zero-order valence-electron chi connectivity index (χ0n) is 6.27. The molecule has 0 amide bonds. The van der Waals surface area contributed by atoms with Crippen LogP contribution in [-0.4, -0.2) is 0 Å². The zero-order valence-corrected chi connectivity index (χ0v) is 6.27. The van der Waals surface area contributed by atoms with Gasteiger partial charge in [0.1, 0.15) is 0 Å². The Bertz CT molecular complexity index is 94.6. The van der Waals surface area contributed by atoms with Gasteiger partial charge in [-0.05, 0) is 37.0 Å². The Hall–Kier alpha value is 0. The van der Waals surface area contributed by atoms with Crippen molar-refractivity contribution in [3.8, 4) is 0 Å². The van der Waals surface area contributed by atoms with Gasteiger partial charge in [-0.25, -0.2) is 0 Å². The Morgan fingerprint density at radius 2 is 1.44 bits per heavy atom. The summed E-state index contributed by atoms with van der Waals surface area (Å²) in [6.07, 6.45) is 7.75. The van der Waals surface area contributed by atoms with Crippen LogP contribution in [0, 0.1) is 17.8 Å². The summed E-state index contributed by atoms with van der Waals surface area (Å²) >= 11 is 0. The van der Waals surface area contributed by atoms with E-state index in [1.165, 1.54) is 12.8 Å². The first-order valence-corrected chi connectivity index (χ1v) is 4.34. The van der Waals surface area contributed by atoms with Gasteiger partial charge in [0.05, 0.1) is 0 Å². The van der Waals surface area contributed by atoms with Gasteiger partial charge in [-0.1, -0.05) is 19.8 Å². The molecule has 0 aliphatic heterocycles. The van der Waals surface area contributed by atoms with Crippen LogP contribution in [0.4, 0.5) is 0 Å². The van der Waals surface area contributed by atoms with E-state index in [0.717, 1.165) is 17.8 Å². The fourth-order valence-corrected chi connectivity index (χ4v) is 2.84. The monoisotopic (exact) mass is 124 g/mol. The lowest BCUT2D eigenvalue weighted by atomic mass is 9.82. The second-order valence-electron chi connectivity index (χ2n) is 4.12. The summed E-state index contributed by atoms with van der Waals surface area (Å²) in [4.78, 5) is 0. The van der Waals surface area contributed by atoms with Crippen molar-refractivity contribution in [3.63, 3.8) is 0 Å². The molecule has 52 valence electrons. The van der Waals surface area contributed by atoms with Gasteiger partial charge in [0.25, 0.3) is 0 Å². The summed E-state index contributed by atoms with van der Waals surface area (Å²) in [6, 6.07) is 0. The molecule has 0 aromatic rings. The van der Waals surface area contributed by atoms with Gasteiger partial charge < -0.3 is 0 Å². The molecule has 0 saturated heterocycles. The van der Waals surface area contributed by atoms with Crippen LogP contribution < -0.4 is 0 Å². The summed E-state index contributed by atoms with van der Waals surface area (Å²) in [5.74, 6) is 3.33. The molecule has 2 bridgehead atoms. The van der Waals surface area contributed by atoms with Crippen LogP contribution in [0.5, 0.6) is 0 Å². The van der Waals surface area contributed by atoms with Crippen molar-refractivity contribution in [1.29, 1.82) is 0 Å². The van der Waals surface area contributed by atoms with Crippen LogP contribution >= 0.6 is 0 Å². The highest BCUT2D eigenvalue weighted by Gasteiger charge is 2.31. The summed E-state index contributed by atoms with van der Waals surface area (Å²) in [5, 5.41) is 0. The molecule has 2 aliphatic carbocycles. The SMILES string of the molecule is CC1C[C@H]2CC[C@@H](C1)C2. The molecule has 3 atom stereocenters. The maximum atomic E-state index is 2.42. The third-order valence-electron chi connectivity index (χ3n) is 3.12. The van der Waals surface area contributed by atoms with Gasteiger partial charge >= 0.3 is 0 Å². The molecule has 0 heteroatoms. The first-order valence-electron chi connectivity index (χ1n) is 4.34. The van der Waals surface area contributed by atoms with Crippen molar-refractivity contribution in [2.45, 2.75) is 39.0 Å². The standard InChI is InChI=1S/C9H16/c1-7-4-8-2-3-9(5-7)6-8/h7-9H,2-6H2,1H3/t7?,8-,9+. The maximum absolute atomic E-state index is 2.42. The average Bonchev–Trinajstić information content (AvgIpc) is 2.11. The molecule has 0 aromatic carbocycles. The van der Waals surface area contributed by atoms with Crippen molar-refractivity contribution in [2.24, 2.45) is 17.8 Å². The molecule has 0 heterocycles. The molecular weight excluding hydrogens is 108 g/mol. The van der Waals surface area contributed by atoms with E-state index in [4.69, 9.17) is 0 Å². The Balaban J connectivity index is 2.03. The fraction of sp³-hybridized carbons (Fsp3) is 1.00. The predicted octanol–water partition coefficient (Wildman–Crippen LogP) is 2.83. The van der Waals surface area contributed by atoms with Crippen molar-refractivity contribution in [1.82, 2.24) is 0 Å². The molecule has 0 aromatic heterocycles. The highest BCUT2D eigenvalue weighted by molar-refractivity contribution is 4.83. The number of hydrogen-bond acceptors (Lipinski definition) is 0. The topological polar surface area (TPSA) is 0 Å². The summed E-state index contributed by atoms with van der Waals surface area (Å²) in [5.41, 5.74) is 0. The van der Waals surface area contributed by atoms with Gasteiger partial charge in [0, 0.05) is 0 Å². The van der Waals surface area contributed by atoms with E-state index in [1.807, 2.05) is 0 Å². The quantitative estimate of drug-likeness (QED) is 0.466. The molecule has 0 nitrogen and oxygen atoms in total. The normalized spacial score (nSPS) is 49.7. The smallest absolute Gasteiger partial charge is 0.0409 e. The molecule has 0 N–H and O–H groups in total. The maximum Gasteiger partial charge on any atom is -0.0409 e. The van der Waals surface area contributed by atoms with Crippen LogP contribution in [0.1, 0.15) is 39.0 Å². The van der Waals surface area contributed by atoms with Crippen LogP contribution in [-0.2, 0) is 0 Å². The first-order chi connectivity index (χ1) is 4.34. The summed E-state index contributed by atoms with van der Waals surface area (Å²) in [6.45, 7) is 2.42. The Morgan fingerprint density at radius 1 is 0.889 bits per heavy atom. The molecular formula is C9H16. The van der Waals surface area contributed by atoms with E-state index >= 15 is 0 Å². The second-order valence-corrected chi connectivity index (χ2v) is 4.12. The van der Waals surface area contributed by atoms with Crippen molar-refractivity contribution in [2.75, 3.05) is 0 Å². The third-order valence-corrected chi connectivity index (χ3v) is 3.12. The Kier molecular flexibility index (Phi) is 1.28. The highest BCUT2D eigenvalue weighted by Crippen LogP contribution is 2.44. The largest absolute Gasteiger partial charge is 0.0625 e.